The molecular weight excluding hydrogens is 498 g/mol. The fraction of sp³-hybridized carbons (Fsp3) is 0.727. The summed E-state index contributed by atoms with van der Waals surface area (Å²) in [6.07, 6.45) is 15.0. The van der Waals surface area contributed by atoms with E-state index in [9.17, 15) is 4.79 Å². The Bertz CT molecular complexity index is 1250. The quantitative estimate of drug-likeness (QED) is 0.421. The average Bonchev–Trinajstić information content (AvgIpc) is 3.64. The number of aryl methyl sites for hydroxylation is 1. The van der Waals surface area contributed by atoms with E-state index in [1.807, 2.05) is 11.1 Å². The molecule has 4 saturated carbocycles. The number of ether oxygens (including phenoxy) is 1. The molecule has 2 aromatic rings. The first-order valence-corrected chi connectivity index (χ1v) is 15.8. The van der Waals surface area contributed by atoms with E-state index >= 15 is 0 Å². The fourth-order valence-corrected chi connectivity index (χ4v) is 10.9. The normalized spacial score (nSPS) is 37.1. The SMILES string of the molecule is Cc1[nH]nc(CC23CC4(C)CC(C)(C2)CC(OCCN2CCCC2)(C4)C3)c1-c1cccnc1C1CCN(C=O)C1. The van der Waals surface area contributed by atoms with Gasteiger partial charge in [-0.2, -0.15) is 5.10 Å². The van der Waals surface area contributed by atoms with Crippen LogP contribution < -0.4 is 0 Å². The van der Waals surface area contributed by atoms with E-state index < -0.39 is 0 Å². The van der Waals surface area contributed by atoms with Crippen LogP contribution in [0, 0.1) is 23.2 Å². The third-order valence-corrected chi connectivity index (χ3v) is 11.1. The van der Waals surface area contributed by atoms with E-state index in [2.05, 4.69) is 42.9 Å². The van der Waals surface area contributed by atoms with Crippen molar-refractivity contribution in [2.75, 3.05) is 39.3 Å². The lowest BCUT2D eigenvalue weighted by molar-refractivity contribution is -0.245. The van der Waals surface area contributed by atoms with Crippen molar-refractivity contribution in [3.63, 3.8) is 0 Å². The zero-order valence-electron chi connectivity index (χ0n) is 24.8. The Morgan fingerprint density at radius 1 is 1.07 bits per heavy atom. The smallest absolute Gasteiger partial charge is 0.209 e. The van der Waals surface area contributed by atoms with Crippen molar-refractivity contribution in [1.82, 2.24) is 25.0 Å². The van der Waals surface area contributed by atoms with Crippen LogP contribution in [-0.2, 0) is 16.0 Å². The Labute approximate surface area is 239 Å². The van der Waals surface area contributed by atoms with E-state index in [0.29, 0.717) is 10.8 Å². The maximum atomic E-state index is 11.4. The molecule has 1 N–H and O–H groups in total. The lowest BCUT2D eigenvalue weighted by Gasteiger charge is -2.69. The van der Waals surface area contributed by atoms with Gasteiger partial charge in [0.2, 0.25) is 6.41 Å². The predicted octanol–water partition coefficient (Wildman–Crippen LogP) is 5.50. The highest BCUT2D eigenvalue weighted by Gasteiger charge is 2.66. The van der Waals surface area contributed by atoms with E-state index in [0.717, 1.165) is 63.3 Å². The standard InChI is InChI=1S/C33H47N5O2/c1-24-28(26-7-6-9-34-29(26)25-8-12-38(16-25)23-39)27(36-35-24)15-32-18-30(2)17-31(3,19-32)21-33(20-30,22-32)40-14-13-37-10-4-5-11-37/h6-7,9,23,25H,4-5,8,10-22H2,1-3H3,(H,35,36). The maximum absolute atomic E-state index is 11.4. The van der Waals surface area contributed by atoms with Gasteiger partial charge in [-0.1, -0.05) is 19.9 Å². The number of rotatable bonds is 9. The summed E-state index contributed by atoms with van der Waals surface area (Å²) in [6, 6.07) is 4.27. The van der Waals surface area contributed by atoms with E-state index in [1.165, 1.54) is 74.9 Å². The number of likely N-dealkylation sites (tertiary alicyclic amines) is 2. The number of carbonyl (C=O) groups is 1. The number of pyridine rings is 1. The largest absolute Gasteiger partial charge is 0.374 e. The first kappa shape index (κ1) is 26.6. The van der Waals surface area contributed by atoms with Gasteiger partial charge >= 0.3 is 0 Å². The molecule has 7 heteroatoms. The molecule has 8 rings (SSSR count). The van der Waals surface area contributed by atoms with Gasteiger partial charge in [-0.15, -0.1) is 0 Å². The van der Waals surface area contributed by atoms with Crippen molar-refractivity contribution in [3.8, 4) is 11.1 Å². The zero-order chi connectivity index (χ0) is 27.6. The number of amides is 1. The highest BCUT2D eigenvalue weighted by atomic mass is 16.5. The first-order chi connectivity index (χ1) is 19.2. The highest BCUT2D eigenvalue weighted by Crippen LogP contribution is 2.72. The Hall–Kier alpha value is -2.25. The summed E-state index contributed by atoms with van der Waals surface area (Å²) in [4.78, 5) is 20.8. The van der Waals surface area contributed by atoms with Crippen LogP contribution in [0.4, 0.5) is 0 Å². The number of hydrogen-bond donors (Lipinski definition) is 1. The van der Waals surface area contributed by atoms with Gasteiger partial charge in [0.15, 0.2) is 0 Å². The second-order valence-electron chi connectivity index (χ2n) is 15.1. The van der Waals surface area contributed by atoms with Crippen LogP contribution in [0.3, 0.4) is 0 Å². The molecule has 2 aromatic heterocycles. The van der Waals surface area contributed by atoms with Crippen molar-refractivity contribution in [1.29, 1.82) is 0 Å². The molecule has 6 aliphatic rings. The van der Waals surface area contributed by atoms with Crippen molar-refractivity contribution < 1.29 is 9.53 Å². The molecule has 2 saturated heterocycles. The minimum absolute atomic E-state index is 0.00505. The lowest BCUT2D eigenvalue weighted by atomic mass is 9.38. The molecule has 0 radical (unpaired) electrons. The van der Waals surface area contributed by atoms with Gasteiger partial charge in [0, 0.05) is 48.6 Å². The van der Waals surface area contributed by atoms with Crippen LogP contribution in [0.15, 0.2) is 18.3 Å². The molecule has 2 aliphatic heterocycles. The maximum Gasteiger partial charge on any atom is 0.209 e. The summed E-state index contributed by atoms with van der Waals surface area (Å²) in [6.45, 7) is 13.2. The molecule has 3 unspecified atom stereocenters. The predicted molar refractivity (Wildman–Crippen MR) is 156 cm³/mol. The number of nitrogens with one attached hydrogen (secondary N) is 1. The van der Waals surface area contributed by atoms with E-state index in [-0.39, 0.29) is 16.9 Å². The number of H-pyrrole nitrogens is 1. The summed E-state index contributed by atoms with van der Waals surface area (Å²) in [5.41, 5.74) is 6.75. The third-order valence-electron chi connectivity index (χ3n) is 11.1. The Morgan fingerprint density at radius 2 is 1.85 bits per heavy atom. The molecule has 40 heavy (non-hydrogen) atoms. The van der Waals surface area contributed by atoms with Crippen molar-refractivity contribution in [2.45, 2.75) is 96.5 Å². The summed E-state index contributed by atoms with van der Waals surface area (Å²) in [7, 11) is 0. The van der Waals surface area contributed by atoms with Gasteiger partial charge < -0.3 is 14.5 Å². The molecule has 216 valence electrons. The Kier molecular flexibility index (Phi) is 6.43. The van der Waals surface area contributed by atoms with E-state index in [4.69, 9.17) is 14.8 Å². The van der Waals surface area contributed by atoms with Gasteiger partial charge in [0.05, 0.1) is 23.6 Å². The first-order valence-electron chi connectivity index (χ1n) is 15.8. The zero-order valence-corrected chi connectivity index (χ0v) is 24.8. The van der Waals surface area contributed by atoms with Gasteiger partial charge in [0.25, 0.3) is 0 Å². The van der Waals surface area contributed by atoms with Gasteiger partial charge in [-0.25, -0.2) is 0 Å². The van der Waals surface area contributed by atoms with Crippen LogP contribution in [0.5, 0.6) is 0 Å². The van der Waals surface area contributed by atoms with Crippen molar-refractivity contribution in [2.24, 2.45) is 16.2 Å². The third kappa shape index (κ3) is 4.71. The molecule has 1 amide bonds. The molecule has 0 spiro atoms. The Balaban J connectivity index is 1.18. The van der Waals surface area contributed by atoms with E-state index in [1.54, 1.807) is 0 Å². The minimum Gasteiger partial charge on any atom is -0.374 e. The minimum atomic E-state index is 0.00505. The Morgan fingerprint density at radius 3 is 2.58 bits per heavy atom. The number of aromatic nitrogens is 3. The summed E-state index contributed by atoms with van der Waals surface area (Å²) >= 11 is 0. The van der Waals surface area contributed by atoms with Crippen molar-refractivity contribution >= 4 is 6.41 Å². The molecule has 0 aromatic carbocycles. The van der Waals surface area contributed by atoms with Gasteiger partial charge in [-0.3, -0.25) is 14.9 Å². The van der Waals surface area contributed by atoms with Crippen LogP contribution in [-0.4, -0.2) is 76.3 Å². The molecule has 7 nitrogen and oxygen atoms in total. The number of aromatic amines is 1. The highest BCUT2D eigenvalue weighted by molar-refractivity contribution is 5.71. The summed E-state index contributed by atoms with van der Waals surface area (Å²) in [5, 5.41) is 8.35. The van der Waals surface area contributed by atoms with Crippen LogP contribution in [0.2, 0.25) is 0 Å². The summed E-state index contributed by atoms with van der Waals surface area (Å²) < 4.78 is 7.01. The second kappa shape index (κ2) is 9.65. The monoisotopic (exact) mass is 545 g/mol. The van der Waals surface area contributed by atoms with Crippen LogP contribution >= 0.6 is 0 Å². The number of carbonyl (C=O) groups excluding carboxylic acids is 1. The second-order valence-corrected chi connectivity index (χ2v) is 15.1. The molecule has 3 atom stereocenters. The topological polar surface area (TPSA) is 74.3 Å². The van der Waals surface area contributed by atoms with Crippen LogP contribution in [0.1, 0.15) is 94.6 Å². The van der Waals surface area contributed by atoms with Gasteiger partial charge in [-0.05, 0) is 107 Å². The lowest BCUT2D eigenvalue weighted by Crippen LogP contribution is -2.64. The van der Waals surface area contributed by atoms with Crippen molar-refractivity contribution in [3.05, 3.63) is 35.4 Å². The number of hydrogen-bond acceptors (Lipinski definition) is 5. The molecule has 4 aliphatic carbocycles. The fourth-order valence-electron chi connectivity index (χ4n) is 10.9. The van der Waals surface area contributed by atoms with Crippen LogP contribution in [0.25, 0.3) is 11.1 Å². The molecule has 6 fully saturated rings. The number of nitrogens with zero attached hydrogens (tertiary/aromatic N) is 4. The molecule has 4 heterocycles. The summed E-state index contributed by atoms with van der Waals surface area (Å²) in [5.74, 6) is 0.271. The van der Waals surface area contributed by atoms with Gasteiger partial charge in [0.1, 0.15) is 0 Å². The molecule has 4 bridgehead atoms. The average molecular weight is 546 g/mol. The molecular formula is C33H47N5O2.